The molecule has 0 saturated heterocycles. The highest BCUT2D eigenvalue weighted by Gasteiger charge is 1.94. The molecule has 0 radical (unpaired) electrons. The molecule has 0 aromatic heterocycles. The fourth-order valence-corrected chi connectivity index (χ4v) is 2.17. The lowest BCUT2D eigenvalue weighted by atomic mass is 10.3. The van der Waals surface area contributed by atoms with E-state index in [0.717, 1.165) is 17.1 Å². The summed E-state index contributed by atoms with van der Waals surface area (Å²) in [4.78, 5) is 0.523. The van der Waals surface area contributed by atoms with Gasteiger partial charge in [-0.3, -0.25) is 0 Å². The summed E-state index contributed by atoms with van der Waals surface area (Å²) in [6.45, 7) is 0. The lowest BCUT2D eigenvalue weighted by Crippen LogP contribution is -1.91. The Morgan fingerprint density at radius 2 is 2.00 bits per heavy atom. The highest BCUT2D eigenvalue weighted by Crippen LogP contribution is 2.08. The molecule has 9 heavy (non-hydrogen) atoms. The van der Waals surface area contributed by atoms with Crippen LogP contribution < -0.4 is 0 Å². The van der Waals surface area contributed by atoms with Gasteiger partial charge in [-0.15, -0.1) is 0 Å². The van der Waals surface area contributed by atoms with Crippen molar-refractivity contribution in [2.45, 2.75) is 11.2 Å². The van der Waals surface area contributed by atoms with Crippen LogP contribution in [0.2, 0.25) is 0 Å². The van der Waals surface area contributed by atoms with E-state index in [2.05, 4.69) is 59.9 Å². The SMILES string of the molecule is BrCC=CC(Br)CCBr. The molecular formula is C6H9Br3. The number of hydrogen-bond donors (Lipinski definition) is 0. The van der Waals surface area contributed by atoms with Gasteiger partial charge in [0.25, 0.3) is 0 Å². The van der Waals surface area contributed by atoms with Crippen LogP contribution in [0, 0.1) is 0 Å². The van der Waals surface area contributed by atoms with E-state index in [0.29, 0.717) is 4.83 Å². The van der Waals surface area contributed by atoms with E-state index in [1.54, 1.807) is 0 Å². The minimum Gasteiger partial charge on any atom is -0.0928 e. The van der Waals surface area contributed by atoms with Crippen LogP contribution in [-0.2, 0) is 0 Å². The first-order valence-electron chi connectivity index (χ1n) is 2.74. The second kappa shape index (κ2) is 7.29. The summed E-state index contributed by atoms with van der Waals surface area (Å²) in [5, 5.41) is 1.99. The Morgan fingerprint density at radius 1 is 1.33 bits per heavy atom. The largest absolute Gasteiger partial charge is 0.0928 e. The number of allylic oxidation sites excluding steroid dienone is 2. The van der Waals surface area contributed by atoms with Crippen LogP contribution in [-0.4, -0.2) is 15.5 Å². The van der Waals surface area contributed by atoms with Gasteiger partial charge in [0.2, 0.25) is 0 Å². The minimum atomic E-state index is 0.523. The Hall–Kier alpha value is 1.18. The zero-order valence-corrected chi connectivity index (χ0v) is 9.75. The van der Waals surface area contributed by atoms with E-state index in [-0.39, 0.29) is 0 Å². The molecule has 0 N–H and O–H groups in total. The Bertz CT molecular complexity index is 80.4. The average Bonchev–Trinajstić information content (AvgIpc) is 1.85. The zero-order valence-electron chi connectivity index (χ0n) is 4.99. The van der Waals surface area contributed by atoms with Gasteiger partial charge in [-0.2, -0.15) is 0 Å². The van der Waals surface area contributed by atoms with Crippen LogP contribution in [0.3, 0.4) is 0 Å². The Kier molecular flexibility index (Phi) is 8.24. The molecule has 1 atom stereocenters. The van der Waals surface area contributed by atoms with Gasteiger partial charge >= 0.3 is 0 Å². The molecule has 0 nitrogen and oxygen atoms in total. The zero-order chi connectivity index (χ0) is 7.11. The summed E-state index contributed by atoms with van der Waals surface area (Å²) in [6.07, 6.45) is 5.39. The molecule has 0 bridgehead atoms. The summed E-state index contributed by atoms with van der Waals surface area (Å²) in [6, 6.07) is 0. The predicted molar refractivity (Wildman–Crippen MR) is 54.1 cm³/mol. The summed E-state index contributed by atoms with van der Waals surface area (Å²) < 4.78 is 0. The monoisotopic (exact) mass is 318 g/mol. The molecule has 0 fully saturated rings. The van der Waals surface area contributed by atoms with E-state index in [9.17, 15) is 0 Å². The smallest absolute Gasteiger partial charge is 0.0333 e. The van der Waals surface area contributed by atoms with Gasteiger partial charge in [0.05, 0.1) is 0 Å². The van der Waals surface area contributed by atoms with Crippen molar-refractivity contribution < 1.29 is 0 Å². The summed E-state index contributed by atoms with van der Waals surface area (Å²) in [5.74, 6) is 0. The number of alkyl halides is 3. The average molecular weight is 321 g/mol. The molecule has 0 aliphatic rings. The Balaban J connectivity index is 3.25. The molecule has 0 spiro atoms. The lowest BCUT2D eigenvalue weighted by Gasteiger charge is -1.97. The standard InChI is InChI=1S/C6H9Br3/c7-4-1-2-6(9)3-5-8/h1-2,6H,3-5H2. The number of halogens is 3. The summed E-state index contributed by atoms with van der Waals surface area (Å²) >= 11 is 10.2. The Labute approximate surface area is 81.5 Å². The lowest BCUT2D eigenvalue weighted by molar-refractivity contribution is 1.01. The molecule has 54 valence electrons. The number of hydrogen-bond acceptors (Lipinski definition) is 0. The topological polar surface area (TPSA) is 0 Å². The predicted octanol–water partition coefficient (Wildman–Crippen LogP) is 3.49. The van der Waals surface area contributed by atoms with E-state index in [1.165, 1.54) is 0 Å². The van der Waals surface area contributed by atoms with Crippen molar-refractivity contribution in [2.75, 3.05) is 10.7 Å². The maximum atomic E-state index is 3.50. The van der Waals surface area contributed by atoms with Gasteiger partial charge in [0.15, 0.2) is 0 Å². The van der Waals surface area contributed by atoms with Gasteiger partial charge in [-0.1, -0.05) is 59.9 Å². The normalized spacial score (nSPS) is 14.6. The molecule has 0 amide bonds. The third kappa shape index (κ3) is 7.07. The second-order valence-corrected chi connectivity index (χ2v) is 4.19. The maximum absolute atomic E-state index is 3.50. The molecule has 0 aliphatic heterocycles. The van der Waals surface area contributed by atoms with Crippen LogP contribution in [0.1, 0.15) is 6.42 Å². The molecule has 0 aromatic carbocycles. The minimum absolute atomic E-state index is 0.523. The molecule has 0 heterocycles. The third-order valence-corrected chi connectivity index (χ3v) is 2.41. The summed E-state index contributed by atoms with van der Waals surface area (Å²) in [5.41, 5.74) is 0. The first-order chi connectivity index (χ1) is 4.31. The Morgan fingerprint density at radius 3 is 2.44 bits per heavy atom. The van der Waals surface area contributed by atoms with Gasteiger partial charge in [-0.25, -0.2) is 0 Å². The van der Waals surface area contributed by atoms with Crippen LogP contribution in [0.15, 0.2) is 12.2 Å². The number of rotatable bonds is 4. The van der Waals surface area contributed by atoms with Crippen LogP contribution in [0.25, 0.3) is 0 Å². The van der Waals surface area contributed by atoms with Crippen molar-refractivity contribution in [3.63, 3.8) is 0 Å². The van der Waals surface area contributed by atoms with Crippen LogP contribution >= 0.6 is 47.8 Å². The van der Waals surface area contributed by atoms with Crippen molar-refractivity contribution in [3.8, 4) is 0 Å². The summed E-state index contributed by atoms with van der Waals surface area (Å²) in [7, 11) is 0. The van der Waals surface area contributed by atoms with E-state index >= 15 is 0 Å². The highest BCUT2D eigenvalue weighted by molar-refractivity contribution is 9.10. The first-order valence-corrected chi connectivity index (χ1v) is 5.89. The molecule has 0 rings (SSSR count). The van der Waals surface area contributed by atoms with E-state index < -0.39 is 0 Å². The van der Waals surface area contributed by atoms with Gasteiger partial charge in [-0.05, 0) is 6.42 Å². The van der Waals surface area contributed by atoms with Gasteiger partial charge in [0.1, 0.15) is 0 Å². The fraction of sp³-hybridized carbons (Fsp3) is 0.667. The molecular weight excluding hydrogens is 312 g/mol. The van der Waals surface area contributed by atoms with E-state index in [1.807, 2.05) is 0 Å². The van der Waals surface area contributed by atoms with Crippen molar-refractivity contribution in [1.29, 1.82) is 0 Å². The molecule has 0 saturated carbocycles. The quantitative estimate of drug-likeness (QED) is 0.549. The van der Waals surface area contributed by atoms with Gasteiger partial charge < -0.3 is 0 Å². The maximum Gasteiger partial charge on any atom is 0.0333 e. The van der Waals surface area contributed by atoms with Crippen LogP contribution in [0.4, 0.5) is 0 Å². The molecule has 1 unspecified atom stereocenters. The molecule has 0 aliphatic carbocycles. The van der Waals surface area contributed by atoms with E-state index in [4.69, 9.17) is 0 Å². The van der Waals surface area contributed by atoms with Crippen molar-refractivity contribution in [3.05, 3.63) is 12.2 Å². The first kappa shape index (κ1) is 10.2. The molecule has 0 aromatic rings. The van der Waals surface area contributed by atoms with Crippen LogP contribution in [0.5, 0.6) is 0 Å². The second-order valence-electron chi connectivity index (χ2n) is 1.58. The van der Waals surface area contributed by atoms with Gasteiger partial charge in [0, 0.05) is 15.5 Å². The fourth-order valence-electron chi connectivity index (χ4n) is 0.400. The third-order valence-electron chi connectivity index (χ3n) is 0.819. The van der Waals surface area contributed by atoms with Crippen molar-refractivity contribution in [1.82, 2.24) is 0 Å². The van der Waals surface area contributed by atoms with Crippen molar-refractivity contribution >= 4 is 47.8 Å². The molecule has 3 heteroatoms. The highest BCUT2D eigenvalue weighted by atomic mass is 79.9. The van der Waals surface area contributed by atoms with Crippen molar-refractivity contribution in [2.24, 2.45) is 0 Å².